The molecule has 0 radical (unpaired) electrons. The molecule has 1 atom stereocenters. The molecular formula is C11H13N3O4S. The fourth-order valence-corrected chi connectivity index (χ4v) is 2.73. The molecule has 0 aliphatic rings. The maximum atomic E-state index is 12.0. The predicted octanol–water partition coefficient (Wildman–Crippen LogP) is 1.57. The lowest BCUT2D eigenvalue weighted by atomic mass is 10.2. The number of nitro benzene ring substituents is 1. The highest BCUT2D eigenvalue weighted by Gasteiger charge is 2.19. The van der Waals surface area contributed by atoms with Crippen molar-refractivity contribution in [2.45, 2.75) is 30.7 Å². The average Bonchev–Trinajstić information content (AvgIpc) is 2.38. The molecule has 1 unspecified atom stereocenters. The third-order valence-electron chi connectivity index (χ3n) is 2.51. The van der Waals surface area contributed by atoms with Crippen LogP contribution in [0.4, 0.5) is 5.69 Å². The molecule has 0 spiro atoms. The van der Waals surface area contributed by atoms with Gasteiger partial charge in [-0.25, -0.2) is 13.1 Å². The molecule has 8 heteroatoms. The van der Waals surface area contributed by atoms with Crippen LogP contribution in [0, 0.1) is 21.4 Å². The molecule has 0 aliphatic carbocycles. The summed E-state index contributed by atoms with van der Waals surface area (Å²) >= 11 is 0. The van der Waals surface area contributed by atoms with Gasteiger partial charge in [-0.2, -0.15) is 5.26 Å². The molecule has 0 aliphatic heterocycles. The molecule has 1 aromatic carbocycles. The van der Waals surface area contributed by atoms with E-state index in [0.717, 1.165) is 12.1 Å². The minimum Gasteiger partial charge on any atom is -0.258 e. The van der Waals surface area contributed by atoms with Gasteiger partial charge in [0.1, 0.15) is 0 Å². The Bertz CT molecular complexity index is 589. The zero-order chi connectivity index (χ0) is 14.5. The average molecular weight is 283 g/mol. The summed E-state index contributed by atoms with van der Waals surface area (Å²) < 4.78 is 26.3. The van der Waals surface area contributed by atoms with Gasteiger partial charge in [0.2, 0.25) is 10.0 Å². The van der Waals surface area contributed by atoms with Crippen LogP contribution < -0.4 is 4.72 Å². The Hall–Kier alpha value is -1.98. The van der Waals surface area contributed by atoms with Crippen molar-refractivity contribution in [3.63, 3.8) is 0 Å². The predicted molar refractivity (Wildman–Crippen MR) is 67.7 cm³/mol. The molecule has 102 valence electrons. The summed E-state index contributed by atoms with van der Waals surface area (Å²) in [6, 6.07) is 6.02. The van der Waals surface area contributed by atoms with Crippen molar-refractivity contribution in [1.82, 2.24) is 4.72 Å². The fourth-order valence-electron chi connectivity index (χ4n) is 1.41. The van der Waals surface area contributed by atoms with Crippen LogP contribution in [-0.4, -0.2) is 19.4 Å². The van der Waals surface area contributed by atoms with Crippen LogP contribution in [0.1, 0.15) is 19.8 Å². The fraction of sp³-hybridized carbons (Fsp3) is 0.364. The molecule has 0 bridgehead atoms. The van der Waals surface area contributed by atoms with Gasteiger partial charge in [0.05, 0.1) is 22.3 Å². The molecule has 0 amide bonds. The van der Waals surface area contributed by atoms with Crippen LogP contribution >= 0.6 is 0 Å². The number of nitrogens with one attached hydrogen (secondary N) is 1. The summed E-state index contributed by atoms with van der Waals surface area (Å²) in [6.07, 6.45) is 0.558. The third-order valence-corrected chi connectivity index (χ3v) is 4.05. The Morgan fingerprint density at radius 2 is 2.00 bits per heavy atom. The molecule has 7 nitrogen and oxygen atoms in total. The van der Waals surface area contributed by atoms with Gasteiger partial charge in [0.15, 0.2) is 0 Å². The van der Waals surface area contributed by atoms with Gasteiger partial charge in [0, 0.05) is 18.2 Å². The Kier molecular flexibility index (Phi) is 4.97. The summed E-state index contributed by atoms with van der Waals surface area (Å²) in [7, 11) is -3.76. The van der Waals surface area contributed by atoms with E-state index in [1.54, 1.807) is 6.92 Å². The number of non-ortho nitro benzene ring substituents is 1. The topological polar surface area (TPSA) is 113 Å². The van der Waals surface area contributed by atoms with Gasteiger partial charge < -0.3 is 0 Å². The zero-order valence-electron chi connectivity index (χ0n) is 10.2. The first kappa shape index (κ1) is 15.1. The van der Waals surface area contributed by atoms with Crippen molar-refractivity contribution < 1.29 is 13.3 Å². The number of nitriles is 1. The number of rotatable bonds is 6. The van der Waals surface area contributed by atoms with Crippen LogP contribution in [0.15, 0.2) is 29.2 Å². The largest absolute Gasteiger partial charge is 0.269 e. The first-order valence-electron chi connectivity index (χ1n) is 5.54. The van der Waals surface area contributed by atoms with E-state index in [0.29, 0.717) is 6.42 Å². The summed E-state index contributed by atoms with van der Waals surface area (Å²) in [5.74, 6) is 0. The molecule has 0 fully saturated rings. The summed E-state index contributed by atoms with van der Waals surface area (Å²) in [5.41, 5.74) is -0.178. The van der Waals surface area contributed by atoms with Crippen LogP contribution in [0.5, 0.6) is 0 Å². The van der Waals surface area contributed by atoms with Crippen LogP contribution in [0.2, 0.25) is 0 Å². The standard InChI is InChI=1S/C11H13N3O4S/c1-2-9(7-8-12)13-19(17,18)11-5-3-10(4-6-11)14(15)16/h3-6,9,13H,2,7H2,1H3. The molecular weight excluding hydrogens is 270 g/mol. The maximum Gasteiger partial charge on any atom is 0.269 e. The molecule has 1 N–H and O–H groups in total. The van der Waals surface area contributed by atoms with Crippen molar-refractivity contribution in [2.24, 2.45) is 0 Å². The van der Waals surface area contributed by atoms with Gasteiger partial charge in [0.25, 0.3) is 5.69 Å². The van der Waals surface area contributed by atoms with Crippen LogP contribution in [0.3, 0.4) is 0 Å². The van der Waals surface area contributed by atoms with E-state index in [2.05, 4.69) is 4.72 Å². The second-order valence-corrected chi connectivity index (χ2v) is 5.55. The lowest BCUT2D eigenvalue weighted by Crippen LogP contribution is -2.34. The van der Waals surface area contributed by atoms with Gasteiger partial charge >= 0.3 is 0 Å². The molecule has 19 heavy (non-hydrogen) atoms. The van der Waals surface area contributed by atoms with E-state index >= 15 is 0 Å². The zero-order valence-corrected chi connectivity index (χ0v) is 11.1. The molecule has 1 aromatic rings. The quantitative estimate of drug-likeness (QED) is 0.628. The van der Waals surface area contributed by atoms with Crippen LogP contribution in [0.25, 0.3) is 0 Å². The van der Waals surface area contributed by atoms with Crippen molar-refractivity contribution in [3.05, 3.63) is 34.4 Å². The summed E-state index contributed by atoms with van der Waals surface area (Å²) in [5, 5.41) is 19.0. The second-order valence-electron chi connectivity index (χ2n) is 3.84. The van der Waals surface area contributed by atoms with E-state index in [9.17, 15) is 18.5 Å². The number of benzene rings is 1. The van der Waals surface area contributed by atoms with E-state index < -0.39 is 21.0 Å². The van der Waals surface area contributed by atoms with Crippen LogP contribution in [-0.2, 0) is 10.0 Å². The van der Waals surface area contributed by atoms with Crippen molar-refractivity contribution in [3.8, 4) is 6.07 Å². The maximum absolute atomic E-state index is 12.0. The Morgan fingerprint density at radius 3 is 2.42 bits per heavy atom. The first-order chi connectivity index (χ1) is 8.90. The SMILES string of the molecule is CCC(CC#N)NS(=O)(=O)c1ccc([N+](=O)[O-])cc1. The molecule has 1 rings (SSSR count). The summed E-state index contributed by atoms with van der Waals surface area (Å²) in [6.45, 7) is 1.76. The van der Waals surface area contributed by atoms with Crippen molar-refractivity contribution in [1.29, 1.82) is 5.26 Å². The lowest BCUT2D eigenvalue weighted by molar-refractivity contribution is -0.384. The van der Waals surface area contributed by atoms with Gasteiger partial charge in [-0.05, 0) is 18.6 Å². The van der Waals surface area contributed by atoms with Gasteiger partial charge in [-0.3, -0.25) is 10.1 Å². The Labute approximate surface area is 111 Å². The first-order valence-corrected chi connectivity index (χ1v) is 7.02. The van der Waals surface area contributed by atoms with Crippen molar-refractivity contribution in [2.75, 3.05) is 0 Å². The van der Waals surface area contributed by atoms with E-state index in [1.807, 2.05) is 6.07 Å². The smallest absolute Gasteiger partial charge is 0.258 e. The highest BCUT2D eigenvalue weighted by atomic mass is 32.2. The van der Waals surface area contributed by atoms with E-state index in [1.165, 1.54) is 12.1 Å². The number of nitro groups is 1. The number of nitrogens with zero attached hydrogens (tertiary/aromatic N) is 2. The Balaban J connectivity index is 2.94. The second kappa shape index (κ2) is 6.26. The minimum absolute atomic E-state index is 0.0607. The number of hydrogen-bond acceptors (Lipinski definition) is 5. The third kappa shape index (κ3) is 4.01. The monoisotopic (exact) mass is 283 g/mol. The normalized spacial score (nSPS) is 12.6. The molecule has 0 aromatic heterocycles. The number of sulfonamides is 1. The highest BCUT2D eigenvalue weighted by Crippen LogP contribution is 2.16. The Morgan fingerprint density at radius 1 is 1.42 bits per heavy atom. The minimum atomic E-state index is -3.76. The highest BCUT2D eigenvalue weighted by molar-refractivity contribution is 7.89. The summed E-state index contributed by atoms with van der Waals surface area (Å²) in [4.78, 5) is 9.81. The van der Waals surface area contributed by atoms with E-state index in [4.69, 9.17) is 5.26 Å². The van der Waals surface area contributed by atoms with Crippen molar-refractivity contribution >= 4 is 15.7 Å². The lowest BCUT2D eigenvalue weighted by Gasteiger charge is -2.13. The van der Waals surface area contributed by atoms with E-state index in [-0.39, 0.29) is 17.0 Å². The molecule has 0 heterocycles. The number of hydrogen-bond donors (Lipinski definition) is 1. The molecule has 0 saturated heterocycles. The van der Waals surface area contributed by atoms with Gasteiger partial charge in [-0.15, -0.1) is 0 Å². The molecule has 0 saturated carbocycles. The van der Waals surface area contributed by atoms with Gasteiger partial charge in [-0.1, -0.05) is 6.92 Å².